The van der Waals surface area contributed by atoms with Crippen LogP contribution in [0.3, 0.4) is 0 Å². The maximum absolute atomic E-state index is 13.4. The number of benzene rings is 1. The fourth-order valence-electron chi connectivity index (χ4n) is 5.14. The lowest BCUT2D eigenvalue weighted by molar-refractivity contribution is 0.0763. The van der Waals surface area contributed by atoms with Crippen molar-refractivity contribution in [3.63, 3.8) is 0 Å². The van der Waals surface area contributed by atoms with Crippen molar-refractivity contribution in [1.29, 1.82) is 0 Å². The first kappa shape index (κ1) is 27.8. The summed E-state index contributed by atoms with van der Waals surface area (Å²) in [5, 5.41) is 3.75. The van der Waals surface area contributed by atoms with Gasteiger partial charge in [-0.25, -0.2) is 0 Å². The number of fused-ring (bicyclic) bond motifs is 1. The minimum Gasteiger partial charge on any atom is -0.383 e. The molecule has 0 radical (unpaired) electrons. The van der Waals surface area contributed by atoms with E-state index >= 15 is 0 Å². The lowest BCUT2D eigenvalue weighted by Crippen LogP contribution is -2.48. The van der Waals surface area contributed by atoms with Crippen LogP contribution in [0, 0.1) is 5.92 Å². The van der Waals surface area contributed by atoms with Crippen molar-refractivity contribution in [2.45, 2.75) is 84.7 Å². The molecule has 3 rings (SSSR count). The van der Waals surface area contributed by atoms with Crippen molar-refractivity contribution < 1.29 is 9.53 Å². The van der Waals surface area contributed by atoms with Gasteiger partial charge < -0.3 is 15.0 Å². The zero-order chi connectivity index (χ0) is 24.6. The number of rotatable bonds is 9. The molecule has 1 aliphatic heterocycles. The number of piperidine rings is 1. The predicted molar refractivity (Wildman–Crippen MR) is 141 cm³/mol. The monoisotopic (exact) mass is 459 g/mol. The molecule has 2 unspecified atom stereocenters. The molecule has 0 amide bonds. The SMILES string of the molecule is CC.CCC(C)CN(C)C1CC(C)(C)c2cc(NC3CCN(CCOC)CC3)ccc2C1=O. The normalized spacial score (nSPS) is 21.8. The van der Waals surface area contributed by atoms with Gasteiger partial charge in [0.15, 0.2) is 5.78 Å². The fraction of sp³-hybridized carbons (Fsp3) is 0.750. The summed E-state index contributed by atoms with van der Waals surface area (Å²) in [6, 6.07) is 6.90. The standard InChI is InChI=1S/C26H43N3O2.C2H6/c1-7-19(2)18-28(5)24-17-26(3,4)23-16-21(8-9-22(23)25(24)30)27-20-10-12-29(13-11-20)14-15-31-6;1-2/h8-9,16,19-20,24,27H,7,10-15,17-18H2,1-6H3;1-2H3. The first-order valence-corrected chi connectivity index (χ1v) is 13.1. The molecule has 1 fully saturated rings. The smallest absolute Gasteiger partial charge is 0.180 e. The first-order valence-electron chi connectivity index (χ1n) is 13.1. The maximum atomic E-state index is 13.4. The van der Waals surface area contributed by atoms with E-state index in [0.717, 1.165) is 69.7 Å². The number of hydrogen-bond donors (Lipinski definition) is 1. The Hall–Kier alpha value is -1.43. The highest BCUT2D eigenvalue weighted by atomic mass is 16.5. The minimum absolute atomic E-state index is 0.0151. The summed E-state index contributed by atoms with van der Waals surface area (Å²) in [6.45, 7) is 18.1. The molecule has 188 valence electrons. The van der Waals surface area contributed by atoms with Crippen LogP contribution in [-0.2, 0) is 10.2 Å². The second kappa shape index (κ2) is 12.9. The number of ether oxygens (including phenoxy) is 1. The topological polar surface area (TPSA) is 44.8 Å². The van der Waals surface area contributed by atoms with Gasteiger partial charge in [-0.2, -0.15) is 0 Å². The van der Waals surface area contributed by atoms with Crippen LogP contribution in [-0.4, -0.2) is 74.6 Å². The molecule has 1 aliphatic carbocycles. The van der Waals surface area contributed by atoms with Gasteiger partial charge >= 0.3 is 0 Å². The fourth-order valence-corrected chi connectivity index (χ4v) is 5.14. The van der Waals surface area contributed by atoms with E-state index < -0.39 is 0 Å². The second-order valence-electron chi connectivity index (χ2n) is 10.4. The van der Waals surface area contributed by atoms with Crippen LogP contribution in [0.5, 0.6) is 0 Å². The number of nitrogens with zero attached hydrogens (tertiary/aromatic N) is 2. The van der Waals surface area contributed by atoms with Gasteiger partial charge in [-0.3, -0.25) is 9.69 Å². The summed E-state index contributed by atoms with van der Waals surface area (Å²) in [4.78, 5) is 18.1. The molecular formula is C28H49N3O2. The Labute approximate surface area is 203 Å². The predicted octanol–water partition coefficient (Wildman–Crippen LogP) is 5.45. The highest BCUT2D eigenvalue weighted by Crippen LogP contribution is 2.40. The Balaban J connectivity index is 0.00000187. The zero-order valence-electron chi connectivity index (χ0n) is 22.5. The Kier molecular flexibility index (Phi) is 10.8. The highest BCUT2D eigenvalue weighted by molar-refractivity contribution is 6.03. The number of nitrogens with one attached hydrogen (secondary N) is 1. The van der Waals surface area contributed by atoms with Crippen molar-refractivity contribution in [1.82, 2.24) is 9.80 Å². The summed E-state index contributed by atoms with van der Waals surface area (Å²) in [5.41, 5.74) is 3.26. The molecule has 1 N–H and O–H groups in total. The molecule has 5 heteroatoms. The third-order valence-electron chi connectivity index (χ3n) is 7.42. The number of carbonyl (C=O) groups is 1. The average Bonchev–Trinajstić information content (AvgIpc) is 2.82. The molecule has 33 heavy (non-hydrogen) atoms. The largest absolute Gasteiger partial charge is 0.383 e. The summed E-state index contributed by atoms with van der Waals surface area (Å²) >= 11 is 0. The summed E-state index contributed by atoms with van der Waals surface area (Å²) < 4.78 is 5.21. The van der Waals surface area contributed by atoms with E-state index in [1.165, 1.54) is 5.56 Å². The number of likely N-dealkylation sites (N-methyl/N-ethyl adjacent to an activating group) is 1. The molecule has 5 nitrogen and oxygen atoms in total. The molecular weight excluding hydrogens is 410 g/mol. The molecule has 0 saturated carbocycles. The van der Waals surface area contributed by atoms with E-state index in [9.17, 15) is 4.79 Å². The van der Waals surface area contributed by atoms with Gasteiger partial charge in [0, 0.05) is 50.6 Å². The third-order valence-corrected chi connectivity index (χ3v) is 7.42. The van der Waals surface area contributed by atoms with Gasteiger partial charge in [-0.1, -0.05) is 48.0 Å². The molecule has 0 bridgehead atoms. The van der Waals surface area contributed by atoms with Crippen LogP contribution in [0.25, 0.3) is 0 Å². The van der Waals surface area contributed by atoms with Crippen LogP contribution in [0.2, 0.25) is 0 Å². The van der Waals surface area contributed by atoms with Crippen LogP contribution in [0.1, 0.15) is 83.1 Å². The van der Waals surface area contributed by atoms with Crippen molar-refractivity contribution >= 4 is 11.5 Å². The molecule has 1 aromatic carbocycles. The highest BCUT2D eigenvalue weighted by Gasteiger charge is 2.40. The summed E-state index contributed by atoms with van der Waals surface area (Å²) in [6.07, 6.45) is 4.32. The minimum atomic E-state index is -0.0215. The molecule has 2 aliphatic rings. The molecule has 1 heterocycles. The molecule has 2 atom stereocenters. The number of carbonyl (C=O) groups excluding carboxylic acids is 1. The van der Waals surface area contributed by atoms with E-state index in [2.05, 4.69) is 68.1 Å². The third kappa shape index (κ3) is 7.27. The molecule has 0 spiro atoms. The summed E-state index contributed by atoms with van der Waals surface area (Å²) in [5.74, 6) is 0.896. The van der Waals surface area contributed by atoms with Gasteiger partial charge in [0.1, 0.15) is 0 Å². The zero-order valence-corrected chi connectivity index (χ0v) is 22.5. The number of Topliss-reactive ketones (excluding diaryl/α,β-unsaturated/α-hetero) is 1. The van der Waals surface area contributed by atoms with Crippen LogP contribution >= 0.6 is 0 Å². The van der Waals surface area contributed by atoms with Crippen molar-refractivity contribution in [2.75, 3.05) is 52.3 Å². The van der Waals surface area contributed by atoms with Gasteiger partial charge in [0.05, 0.1) is 12.6 Å². The van der Waals surface area contributed by atoms with Gasteiger partial charge in [-0.15, -0.1) is 0 Å². The Bertz CT molecular complexity index is 741. The van der Waals surface area contributed by atoms with Crippen LogP contribution < -0.4 is 5.32 Å². The lowest BCUT2D eigenvalue weighted by atomic mass is 9.69. The Morgan fingerprint density at radius 2 is 1.91 bits per heavy atom. The maximum Gasteiger partial charge on any atom is 0.180 e. The van der Waals surface area contributed by atoms with E-state index in [-0.39, 0.29) is 17.2 Å². The quantitative estimate of drug-likeness (QED) is 0.532. The van der Waals surface area contributed by atoms with E-state index in [1.54, 1.807) is 7.11 Å². The Morgan fingerprint density at radius 3 is 2.52 bits per heavy atom. The first-order chi connectivity index (χ1) is 15.7. The molecule has 0 aromatic heterocycles. The van der Waals surface area contributed by atoms with Crippen LogP contribution in [0.4, 0.5) is 5.69 Å². The average molecular weight is 460 g/mol. The van der Waals surface area contributed by atoms with Gasteiger partial charge in [-0.05, 0) is 61.4 Å². The lowest BCUT2D eigenvalue weighted by Gasteiger charge is -2.41. The van der Waals surface area contributed by atoms with E-state index in [0.29, 0.717) is 12.0 Å². The van der Waals surface area contributed by atoms with E-state index in [1.807, 2.05) is 13.8 Å². The van der Waals surface area contributed by atoms with Crippen molar-refractivity contribution in [3.8, 4) is 0 Å². The van der Waals surface area contributed by atoms with Gasteiger partial charge in [0.2, 0.25) is 0 Å². The molecule has 1 aromatic rings. The number of methoxy groups -OCH3 is 1. The summed E-state index contributed by atoms with van der Waals surface area (Å²) in [7, 11) is 3.88. The van der Waals surface area contributed by atoms with E-state index in [4.69, 9.17) is 4.74 Å². The number of hydrogen-bond acceptors (Lipinski definition) is 5. The number of likely N-dealkylation sites (tertiary alicyclic amines) is 1. The Morgan fingerprint density at radius 1 is 1.24 bits per heavy atom. The molecule has 1 saturated heterocycles. The van der Waals surface area contributed by atoms with Crippen molar-refractivity contribution in [3.05, 3.63) is 29.3 Å². The number of ketones is 1. The van der Waals surface area contributed by atoms with Crippen LogP contribution in [0.15, 0.2) is 18.2 Å². The van der Waals surface area contributed by atoms with Crippen molar-refractivity contribution in [2.24, 2.45) is 5.92 Å². The van der Waals surface area contributed by atoms with Gasteiger partial charge in [0.25, 0.3) is 0 Å². The number of anilines is 1. The second-order valence-corrected chi connectivity index (χ2v) is 10.4.